The van der Waals surface area contributed by atoms with Gasteiger partial charge in [-0.2, -0.15) is 4.98 Å². The summed E-state index contributed by atoms with van der Waals surface area (Å²) in [5.41, 5.74) is 0.954. The molecule has 6 heteroatoms. The molecule has 0 unspecified atom stereocenters. The van der Waals surface area contributed by atoms with Crippen LogP contribution in [0.4, 0.5) is 5.95 Å². The Bertz CT molecular complexity index is 483. The van der Waals surface area contributed by atoms with Crippen molar-refractivity contribution in [2.75, 3.05) is 12.0 Å². The van der Waals surface area contributed by atoms with Gasteiger partial charge in [0.2, 0.25) is 11.8 Å². The smallest absolute Gasteiger partial charge is 0.229 e. The Hall–Kier alpha value is -2.11. The summed E-state index contributed by atoms with van der Waals surface area (Å²) in [7, 11) is 1.60. The third-order valence-corrected chi connectivity index (χ3v) is 2.59. The Morgan fingerprint density at radius 3 is 2.83 bits per heavy atom. The highest BCUT2D eigenvalue weighted by atomic mass is 16.5. The molecule has 0 saturated carbocycles. The molecule has 0 aliphatic rings. The van der Waals surface area contributed by atoms with E-state index in [1.54, 1.807) is 25.7 Å². The van der Waals surface area contributed by atoms with Crippen LogP contribution < -0.4 is 9.64 Å². The first kappa shape index (κ1) is 12.3. The van der Waals surface area contributed by atoms with E-state index in [0.717, 1.165) is 5.69 Å². The molecule has 2 rings (SSSR count). The number of imidazole rings is 1. The summed E-state index contributed by atoms with van der Waals surface area (Å²) in [6.07, 6.45) is 5.23. The van der Waals surface area contributed by atoms with Crippen molar-refractivity contribution in [2.45, 2.75) is 26.4 Å². The number of rotatable bonds is 5. The van der Waals surface area contributed by atoms with Crippen molar-refractivity contribution in [1.82, 2.24) is 19.9 Å². The molecule has 96 valence electrons. The Kier molecular flexibility index (Phi) is 3.76. The Morgan fingerprint density at radius 2 is 2.22 bits per heavy atom. The number of nitrogens with one attached hydrogen (secondary N) is 1. The predicted molar refractivity (Wildman–Crippen MR) is 68.5 cm³/mol. The third-order valence-electron chi connectivity index (χ3n) is 2.59. The monoisotopic (exact) mass is 247 g/mol. The normalized spacial score (nSPS) is 10.7. The van der Waals surface area contributed by atoms with Gasteiger partial charge in [-0.3, -0.25) is 0 Å². The molecule has 0 atom stereocenters. The van der Waals surface area contributed by atoms with E-state index in [9.17, 15) is 0 Å². The zero-order valence-corrected chi connectivity index (χ0v) is 10.8. The van der Waals surface area contributed by atoms with E-state index in [1.165, 1.54) is 0 Å². The van der Waals surface area contributed by atoms with Gasteiger partial charge in [0.05, 0.1) is 25.7 Å². The maximum Gasteiger partial charge on any atom is 0.229 e. The van der Waals surface area contributed by atoms with E-state index in [1.807, 2.05) is 6.20 Å². The van der Waals surface area contributed by atoms with Crippen LogP contribution in [-0.4, -0.2) is 33.1 Å². The summed E-state index contributed by atoms with van der Waals surface area (Å²) < 4.78 is 5.12. The molecule has 0 aliphatic carbocycles. The highest BCUT2D eigenvalue weighted by Gasteiger charge is 2.15. The number of ether oxygens (including phenoxy) is 1. The molecule has 0 bridgehead atoms. The van der Waals surface area contributed by atoms with Gasteiger partial charge in [0.15, 0.2) is 0 Å². The Morgan fingerprint density at radius 1 is 1.39 bits per heavy atom. The largest absolute Gasteiger partial charge is 0.481 e. The van der Waals surface area contributed by atoms with Gasteiger partial charge < -0.3 is 14.6 Å². The summed E-state index contributed by atoms with van der Waals surface area (Å²) >= 11 is 0. The summed E-state index contributed by atoms with van der Waals surface area (Å²) in [6.45, 7) is 4.85. The zero-order chi connectivity index (χ0) is 13.0. The average molecular weight is 247 g/mol. The fourth-order valence-electron chi connectivity index (χ4n) is 1.62. The van der Waals surface area contributed by atoms with Crippen LogP contribution in [0.25, 0.3) is 0 Å². The minimum Gasteiger partial charge on any atom is -0.481 e. The van der Waals surface area contributed by atoms with Crippen molar-refractivity contribution in [3.05, 3.63) is 30.5 Å². The molecule has 0 saturated heterocycles. The van der Waals surface area contributed by atoms with Crippen LogP contribution in [0.2, 0.25) is 0 Å². The Balaban J connectivity index is 2.23. The molecule has 6 nitrogen and oxygen atoms in total. The maximum absolute atomic E-state index is 5.12. The minimum absolute atomic E-state index is 0.272. The van der Waals surface area contributed by atoms with E-state index >= 15 is 0 Å². The summed E-state index contributed by atoms with van der Waals surface area (Å²) in [5, 5.41) is 0. The quantitative estimate of drug-likeness (QED) is 0.869. The SMILES string of the molecule is COc1ccnc(N(Cc2c[nH]cn2)C(C)C)n1. The first-order valence-corrected chi connectivity index (χ1v) is 5.82. The second-order valence-electron chi connectivity index (χ2n) is 4.18. The van der Waals surface area contributed by atoms with Crippen molar-refractivity contribution in [2.24, 2.45) is 0 Å². The van der Waals surface area contributed by atoms with Crippen molar-refractivity contribution in [3.63, 3.8) is 0 Å². The van der Waals surface area contributed by atoms with Crippen LogP contribution in [0.1, 0.15) is 19.5 Å². The summed E-state index contributed by atoms with van der Waals surface area (Å²) in [4.78, 5) is 17.9. The third kappa shape index (κ3) is 2.77. The lowest BCUT2D eigenvalue weighted by atomic mass is 10.3. The van der Waals surface area contributed by atoms with Gasteiger partial charge in [0.1, 0.15) is 0 Å². The van der Waals surface area contributed by atoms with Crippen LogP contribution >= 0.6 is 0 Å². The standard InChI is InChI=1S/C12H17N5O/c1-9(2)17(7-10-6-13-8-15-10)12-14-5-4-11(16-12)18-3/h4-6,8-9H,7H2,1-3H3,(H,13,15). The number of H-pyrrole nitrogens is 1. The lowest BCUT2D eigenvalue weighted by Crippen LogP contribution is -2.31. The molecule has 0 fully saturated rings. The summed E-state index contributed by atoms with van der Waals surface area (Å²) in [6, 6.07) is 2.00. The highest BCUT2D eigenvalue weighted by Crippen LogP contribution is 2.17. The molecular formula is C12H17N5O. The lowest BCUT2D eigenvalue weighted by Gasteiger charge is -2.25. The summed E-state index contributed by atoms with van der Waals surface area (Å²) in [5.74, 6) is 1.21. The number of aromatic nitrogens is 4. The van der Waals surface area contributed by atoms with Gasteiger partial charge in [-0.15, -0.1) is 0 Å². The molecular weight excluding hydrogens is 230 g/mol. The highest BCUT2D eigenvalue weighted by molar-refractivity contribution is 5.33. The van der Waals surface area contributed by atoms with Crippen LogP contribution in [0, 0.1) is 0 Å². The van der Waals surface area contributed by atoms with Gasteiger partial charge in [0, 0.05) is 24.5 Å². The van der Waals surface area contributed by atoms with Crippen LogP contribution in [-0.2, 0) is 6.54 Å². The number of nitrogens with zero attached hydrogens (tertiary/aromatic N) is 4. The molecule has 0 amide bonds. The number of methoxy groups -OCH3 is 1. The van der Waals surface area contributed by atoms with Crippen molar-refractivity contribution < 1.29 is 4.74 Å². The number of aromatic amines is 1. The first-order valence-electron chi connectivity index (χ1n) is 5.82. The second-order valence-corrected chi connectivity index (χ2v) is 4.18. The zero-order valence-electron chi connectivity index (χ0n) is 10.8. The van der Waals surface area contributed by atoms with Gasteiger partial charge in [-0.1, -0.05) is 0 Å². The molecule has 0 aliphatic heterocycles. The van der Waals surface area contributed by atoms with Crippen LogP contribution in [0.5, 0.6) is 5.88 Å². The number of hydrogen-bond acceptors (Lipinski definition) is 5. The van der Waals surface area contributed by atoms with Gasteiger partial charge in [-0.05, 0) is 13.8 Å². The number of anilines is 1. The van der Waals surface area contributed by atoms with Crippen molar-refractivity contribution in [1.29, 1.82) is 0 Å². The molecule has 0 spiro atoms. The van der Waals surface area contributed by atoms with Crippen LogP contribution in [0.3, 0.4) is 0 Å². The van der Waals surface area contributed by atoms with E-state index in [2.05, 4.69) is 38.7 Å². The first-order chi connectivity index (χ1) is 8.70. The van der Waals surface area contributed by atoms with Gasteiger partial charge in [0.25, 0.3) is 0 Å². The van der Waals surface area contributed by atoms with Gasteiger partial charge >= 0.3 is 0 Å². The van der Waals surface area contributed by atoms with Gasteiger partial charge in [-0.25, -0.2) is 9.97 Å². The topological polar surface area (TPSA) is 66.9 Å². The molecule has 1 N–H and O–H groups in total. The maximum atomic E-state index is 5.12. The van der Waals surface area contributed by atoms with Crippen LogP contribution in [0.15, 0.2) is 24.8 Å². The molecule has 2 heterocycles. The Labute approximate surface area is 106 Å². The lowest BCUT2D eigenvalue weighted by molar-refractivity contribution is 0.396. The molecule has 18 heavy (non-hydrogen) atoms. The molecule has 2 aromatic heterocycles. The average Bonchev–Trinajstić information content (AvgIpc) is 2.88. The fourth-order valence-corrected chi connectivity index (χ4v) is 1.62. The fraction of sp³-hybridized carbons (Fsp3) is 0.417. The van der Waals surface area contributed by atoms with Crippen molar-refractivity contribution in [3.8, 4) is 5.88 Å². The second kappa shape index (κ2) is 5.48. The van der Waals surface area contributed by atoms with E-state index in [-0.39, 0.29) is 6.04 Å². The number of hydrogen-bond donors (Lipinski definition) is 1. The van der Waals surface area contributed by atoms with E-state index in [0.29, 0.717) is 18.4 Å². The molecule has 0 aromatic carbocycles. The van der Waals surface area contributed by atoms with E-state index in [4.69, 9.17) is 4.74 Å². The predicted octanol–water partition coefficient (Wildman–Crippen LogP) is 1.62. The molecule has 2 aromatic rings. The van der Waals surface area contributed by atoms with Crippen molar-refractivity contribution >= 4 is 5.95 Å². The minimum atomic E-state index is 0.272. The molecule has 0 radical (unpaired) electrons. The van der Waals surface area contributed by atoms with E-state index < -0.39 is 0 Å².